The summed E-state index contributed by atoms with van der Waals surface area (Å²) in [4.78, 5) is 24.8. The Hall–Kier alpha value is -2.27. The van der Waals surface area contributed by atoms with Gasteiger partial charge in [0.1, 0.15) is 17.4 Å². The van der Waals surface area contributed by atoms with Crippen molar-refractivity contribution in [3.63, 3.8) is 0 Å². The summed E-state index contributed by atoms with van der Waals surface area (Å²) in [6, 6.07) is 6.86. The molecule has 0 heterocycles. The third-order valence-corrected chi connectivity index (χ3v) is 5.01. The molecule has 0 fully saturated rings. The molecule has 1 aliphatic rings. The molecule has 0 N–H and O–H groups in total. The largest absolute Gasteiger partial charge is 0.494 e. The number of hydrogen-bond donors (Lipinski definition) is 0. The molecule has 0 saturated carbocycles. The van der Waals surface area contributed by atoms with E-state index in [2.05, 4.69) is 6.92 Å². The van der Waals surface area contributed by atoms with Crippen LogP contribution in [0, 0.1) is 11.8 Å². The summed E-state index contributed by atoms with van der Waals surface area (Å²) in [6.45, 7) is 6.64. The van der Waals surface area contributed by atoms with Gasteiger partial charge in [-0.3, -0.25) is 9.59 Å². The summed E-state index contributed by atoms with van der Waals surface area (Å²) in [5, 5.41) is -1.60. The minimum atomic E-state index is -1.60. The minimum Gasteiger partial charge on any atom is -0.494 e. The summed E-state index contributed by atoms with van der Waals surface area (Å²) in [6.07, 6.45) is 11.2. The van der Waals surface area contributed by atoms with Crippen LogP contribution >= 0.6 is 11.6 Å². The first-order valence-corrected chi connectivity index (χ1v) is 10.9. The van der Waals surface area contributed by atoms with E-state index in [0.29, 0.717) is 12.4 Å². The van der Waals surface area contributed by atoms with E-state index in [1.807, 2.05) is 13.8 Å². The van der Waals surface area contributed by atoms with Gasteiger partial charge in [0, 0.05) is 6.42 Å². The number of hydrogen-bond acceptors (Lipinski definition) is 5. The zero-order valence-electron chi connectivity index (χ0n) is 17.9. The first-order valence-electron chi connectivity index (χ1n) is 10.6. The van der Waals surface area contributed by atoms with Crippen molar-refractivity contribution in [2.75, 3.05) is 6.61 Å². The molecule has 0 radical (unpaired) electrons. The lowest BCUT2D eigenvalue weighted by molar-refractivity contribution is -0.156. The van der Waals surface area contributed by atoms with E-state index in [9.17, 15) is 9.59 Å². The number of esters is 2. The summed E-state index contributed by atoms with van der Waals surface area (Å²) in [5.41, 5.74) is 0. The van der Waals surface area contributed by atoms with Crippen LogP contribution in [-0.2, 0) is 14.3 Å². The zero-order chi connectivity index (χ0) is 22.0. The SMILES string of the molecule is CCCCCCOc1ccc(OC(=O)C2C=CC=CC2(Cl)OC(=O)CC(C)C)cc1. The van der Waals surface area contributed by atoms with Crippen molar-refractivity contribution < 1.29 is 23.8 Å². The molecule has 30 heavy (non-hydrogen) atoms. The van der Waals surface area contributed by atoms with Gasteiger partial charge < -0.3 is 14.2 Å². The highest BCUT2D eigenvalue weighted by Crippen LogP contribution is 2.35. The number of benzene rings is 1. The Balaban J connectivity index is 1.94. The van der Waals surface area contributed by atoms with Crippen LogP contribution in [0.25, 0.3) is 0 Å². The fourth-order valence-electron chi connectivity index (χ4n) is 2.99. The Morgan fingerprint density at radius 2 is 1.77 bits per heavy atom. The second-order valence-corrected chi connectivity index (χ2v) is 8.38. The van der Waals surface area contributed by atoms with Crippen molar-refractivity contribution in [2.24, 2.45) is 11.8 Å². The predicted molar refractivity (Wildman–Crippen MR) is 118 cm³/mol. The van der Waals surface area contributed by atoms with E-state index in [-0.39, 0.29) is 12.3 Å². The number of carbonyl (C=O) groups is 2. The van der Waals surface area contributed by atoms with Crippen LogP contribution in [-0.4, -0.2) is 23.6 Å². The van der Waals surface area contributed by atoms with Crippen molar-refractivity contribution in [1.82, 2.24) is 0 Å². The molecular weight excluding hydrogens is 404 g/mol. The molecule has 1 aliphatic carbocycles. The van der Waals surface area contributed by atoms with Gasteiger partial charge in [0.15, 0.2) is 0 Å². The molecule has 2 atom stereocenters. The average molecular weight is 435 g/mol. The lowest BCUT2D eigenvalue weighted by atomic mass is 9.96. The monoisotopic (exact) mass is 434 g/mol. The Bertz CT molecular complexity index is 753. The van der Waals surface area contributed by atoms with Crippen molar-refractivity contribution in [1.29, 1.82) is 0 Å². The van der Waals surface area contributed by atoms with Gasteiger partial charge in [0.2, 0.25) is 5.06 Å². The van der Waals surface area contributed by atoms with Gasteiger partial charge >= 0.3 is 11.9 Å². The van der Waals surface area contributed by atoms with Gasteiger partial charge in [-0.05, 0) is 42.7 Å². The highest BCUT2D eigenvalue weighted by Gasteiger charge is 2.44. The van der Waals surface area contributed by atoms with Gasteiger partial charge in [0.05, 0.1) is 6.61 Å². The normalized spacial score (nSPS) is 20.2. The van der Waals surface area contributed by atoms with Gasteiger partial charge in [-0.25, -0.2) is 0 Å². The van der Waals surface area contributed by atoms with Gasteiger partial charge in [-0.2, -0.15) is 0 Å². The van der Waals surface area contributed by atoms with E-state index in [1.54, 1.807) is 42.5 Å². The molecule has 164 valence electrons. The van der Waals surface area contributed by atoms with Crippen molar-refractivity contribution in [2.45, 2.75) is 57.9 Å². The van der Waals surface area contributed by atoms with Gasteiger partial charge in [-0.15, -0.1) is 0 Å². The molecule has 0 bridgehead atoms. The van der Waals surface area contributed by atoms with Crippen LogP contribution in [0.3, 0.4) is 0 Å². The molecule has 1 aromatic rings. The highest BCUT2D eigenvalue weighted by atomic mass is 35.5. The smallest absolute Gasteiger partial charge is 0.324 e. The molecule has 0 spiro atoms. The number of alkyl halides is 1. The number of rotatable bonds is 11. The topological polar surface area (TPSA) is 61.8 Å². The lowest BCUT2D eigenvalue weighted by Crippen LogP contribution is -2.42. The van der Waals surface area contributed by atoms with E-state index in [1.165, 1.54) is 18.9 Å². The van der Waals surface area contributed by atoms with Crippen LogP contribution < -0.4 is 9.47 Å². The van der Waals surface area contributed by atoms with E-state index >= 15 is 0 Å². The number of carbonyl (C=O) groups excluding carboxylic acids is 2. The third-order valence-electron chi connectivity index (χ3n) is 4.57. The number of allylic oxidation sites excluding steroid dienone is 2. The van der Waals surface area contributed by atoms with Gasteiger partial charge in [0.25, 0.3) is 0 Å². The fourth-order valence-corrected chi connectivity index (χ4v) is 3.31. The molecule has 1 aromatic carbocycles. The number of halogens is 1. The highest BCUT2D eigenvalue weighted by molar-refractivity contribution is 6.26. The Morgan fingerprint density at radius 3 is 2.43 bits per heavy atom. The van der Waals surface area contributed by atoms with Crippen LogP contribution in [0.4, 0.5) is 0 Å². The Labute approximate surface area is 184 Å². The maximum Gasteiger partial charge on any atom is 0.324 e. The van der Waals surface area contributed by atoms with Crippen LogP contribution in [0.2, 0.25) is 0 Å². The molecule has 2 unspecified atom stereocenters. The summed E-state index contributed by atoms with van der Waals surface area (Å²) >= 11 is 6.50. The lowest BCUT2D eigenvalue weighted by Gasteiger charge is -2.31. The first-order chi connectivity index (χ1) is 14.3. The average Bonchev–Trinajstić information content (AvgIpc) is 2.68. The molecular formula is C24H31ClO5. The standard InChI is InChI=1S/C24H31ClO5/c1-4-5-6-9-16-28-19-11-13-20(14-12-19)29-23(27)21-10-7-8-15-24(21,25)30-22(26)17-18(2)3/h7-8,10-15,18,21H,4-6,9,16-17H2,1-3H3. The fraction of sp³-hybridized carbons (Fsp3) is 0.500. The Morgan fingerprint density at radius 1 is 1.07 bits per heavy atom. The molecule has 0 aromatic heterocycles. The minimum absolute atomic E-state index is 0.124. The quantitative estimate of drug-likeness (QED) is 0.190. The molecule has 0 amide bonds. The summed E-state index contributed by atoms with van der Waals surface area (Å²) in [7, 11) is 0. The zero-order valence-corrected chi connectivity index (χ0v) is 18.7. The maximum absolute atomic E-state index is 12.7. The van der Waals surface area contributed by atoms with Crippen molar-refractivity contribution >= 4 is 23.5 Å². The second-order valence-electron chi connectivity index (χ2n) is 7.79. The van der Waals surface area contributed by atoms with Crippen LogP contribution in [0.15, 0.2) is 48.6 Å². The molecule has 0 aliphatic heterocycles. The van der Waals surface area contributed by atoms with Crippen molar-refractivity contribution in [3.05, 3.63) is 48.6 Å². The van der Waals surface area contributed by atoms with Crippen LogP contribution in [0.1, 0.15) is 52.9 Å². The predicted octanol–water partition coefficient (Wildman–Crippen LogP) is 5.82. The summed E-state index contributed by atoms with van der Waals surface area (Å²) < 4.78 is 16.6. The molecule has 5 nitrogen and oxygen atoms in total. The van der Waals surface area contributed by atoms with E-state index in [0.717, 1.165) is 18.6 Å². The number of unbranched alkanes of at least 4 members (excludes halogenated alkanes) is 3. The van der Waals surface area contributed by atoms with E-state index in [4.69, 9.17) is 25.8 Å². The second kappa shape index (κ2) is 11.8. The number of ether oxygens (including phenoxy) is 3. The van der Waals surface area contributed by atoms with E-state index < -0.39 is 22.9 Å². The maximum atomic E-state index is 12.7. The van der Waals surface area contributed by atoms with Gasteiger partial charge in [-0.1, -0.05) is 69.9 Å². The first kappa shape index (κ1) is 24.0. The third kappa shape index (κ3) is 7.52. The molecule has 6 heteroatoms. The van der Waals surface area contributed by atoms with Crippen molar-refractivity contribution in [3.8, 4) is 11.5 Å². The molecule has 2 rings (SSSR count). The molecule has 0 saturated heterocycles. The summed E-state index contributed by atoms with van der Waals surface area (Å²) in [5.74, 6) is -0.794. The van der Waals surface area contributed by atoms with Crippen LogP contribution in [0.5, 0.6) is 11.5 Å². The Kier molecular flexibility index (Phi) is 9.44.